The minimum absolute atomic E-state index is 0.0152. The van der Waals surface area contributed by atoms with E-state index >= 15 is 4.39 Å². The number of likely N-dealkylation sites (N-methyl/N-ethyl adjacent to an activating group) is 1. The molecule has 33 nitrogen and oxygen atoms in total. The fourth-order valence-electron chi connectivity index (χ4n) is 15.6. The molecular weight excluding hydrogens is 1630 g/mol. The highest BCUT2D eigenvalue weighted by Crippen LogP contribution is 2.38. The number of halogens is 2. The monoisotopic (exact) mass is 1710 g/mol. The van der Waals surface area contributed by atoms with E-state index in [9.17, 15) is 62.8 Å². The molecule has 11 amide bonds. The number of nitrogens with one attached hydrogen (secondary N) is 6. The molecule has 0 unspecified atom stereocenters. The number of carbonyl (C=O) groups is 10. The van der Waals surface area contributed by atoms with Crippen LogP contribution in [0.15, 0.2) is 150 Å². The van der Waals surface area contributed by atoms with Crippen molar-refractivity contribution in [2.24, 2.45) is 28.2 Å². The second-order valence-corrected chi connectivity index (χ2v) is 32.3. The number of fused-ring (bicyclic) bond motifs is 3. The topological polar surface area (TPSA) is 395 Å². The van der Waals surface area contributed by atoms with Crippen LogP contribution in [0.4, 0.5) is 18.4 Å². The summed E-state index contributed by atoms with van der Waals surface area (Å²) in [5, 5.41) is 45.5. The molecule has 8 aliphatic rings. The lowest BCUT2D eigenvalue weighted by Crippen LogP contribution is -2.54. The zero-order chi connectivity index (χ0) is 89.7. The van der Waals surface area contributed by atoms with E-state index in [4.69, 9.17) is 23.9 Å². The summed E-state index contributed by atoms with van der Waals surface area (Å²) in [6.45, 7) is 12.5. The van der Waals surface area contributed by atoms with E-state index in [0.29, 0.717) is 94.0 Å². The lowest BCUT2D eigenvalue weighted by molar-refractivity contribution is -0.143. The minimum atomic E-state index is -1.86. The third-order valence-electron chi connectivity index (χ3n) is 22.5. The third-order valence-corrected chi connectivity index (χ3v) is 22.5. The largest absolute Gasteiger partial charge is 0.497 e. The number of amides is 11. The molecule has 0 saturated carbocycles. The van der Waals surface area contributed by atoms with Gasteiger partial charge in [0.2, 0.25) is 22.9 Å². The number of rotatable bonds is 14. The van der Waals surface area contributed by atoms with Gasteiger partial charge in [0.25, 0.3) is 29.5 Å². The molecule has 10 heterocycles. The van der Waals surface area contributed by atoms with Gasteiger partial charge in [-0.2, -0.15) is 5.10 Å². The van der Waals surface area contributed by atoms with Crippen molar-refractivity contribution in [1.29, 1.82) is 0 Å². The number of amidine groups is 2. The Kier molecular flexibility index (Phi) is 25.1. The third kappa shape index (κ3) is 18.4. The molecule has 8 N–H and O–H groups in total. The summed E-state index contributed by atoms with van der Waals surface area (Å²) in [5.41, 5.74) is 2.00. The fraction of sp³-hybridized carbons (Fsp3) is 0.319. The number of piperazine rings is 1. The number of ether oxygens (including phenoxy) is 4. The zero-order valence-electron chi connectivity index (χ0n) is 70.2. The SMILES string of the molecule is COc1ccc2c(c1)C(=O)N(C[C@@]1(C#Cc3ccc(-c4nc(-c5cnn(C)c5)ccc4OC(=O)C(C)(C)C)cc3)CC(=O)NC1=O)C2.COc1ccc2c(c1)C(=O)N(C[C@@]1(C#Cc3ccc(C(=NO)N4CCCN(C)CC4)cc3)NC(=O)NC1=O)C2.COc1ccc2c(c1F)C(=O)N(C[C@@]1(C#Cc3ccc(/C(=N/O)N4CCNC[C@@H]4C)c(F)c3)NC(=O)NC1=O)C2. The molecule has 35 heteroatoms. The van der Waals surface area contributed by atoms with Crippen LogP contribution >= 0.6 is 0 Å². The van der Waals surface area contributed by atoms with Crippen molar-refractivity contribution in [3.63, 3.8) is 0 Å². The highest BCUT2D eigenvalue weighted by atomic mass is 19.1. The summed E-state index contributed by atoms with van der Waals surface area (Å²) in [4.78, 5) is 143. The second kappa shape index (κ2) is 36.2. The van der Waals surface area contributed by atoms with Crippen molar-refractivity contribution in [2.75, 3.05) is 93.8 Å². The molecule has 0 bridgehead atoms. The zero-order valence-corrected chi connectivity index (χ0v) is 70.2. The molecule has 5 fully saturated rings. The van der Waals surface area contributed by atoms with Crippen molar-refractivity contribution in [2.45, 2.75) is 77.3 Å². The van der Waals surface area contributed by atoms with Crippen LogP contribution in [-0.4, -0.2) is 237 Å². The van der Waals surface area contributed by atoms with Crippen LogP contribution in [0.3, 0.4) is 0 Å². The first kappa shape index (κ1) is 87.3. The van der Waals surface area contributed by atoms with E-state index in [0.717, 1.165) is 60.9 Å². The van der Waals surface area contributed by atoms with Crippen molar-refractivity contribution in [3.8, 4) is 81.0 Å². The Balaban J connectivity index is 0.000000154. The molecule has 0 radical (unpaired) electrons. The van der Waals surface area contributed by atoms with E-state index < -0.39 is 81.1 Å². The number of benzene rings is 6. The number of oxime groups is 2. The number of esters is 1. The number of hydrogen-bond acceptors (Lipinski definition) is 22. The first-order chi connectivity index (χ1) is 60.3. The average Bonchev–Trinajstić information content (AvgIpc) is 1.61. The quantitative estimate of drug-likeness (QED) is 0.00878. The second-order valence-electron chi connectivity index (χ2n) is 32.3. The number of imide groups is 3. The Morgan fingerprint density at radius 3 is 1.71 bits per heavy atom. The van der Waals surface area contributed by atoms with Gasteiger partial charge in [-0.15, -0.1) is 0 Å². The lowest BCUT2D eigenvalue weighted by atomic mass is 9.85. The normalized spacial score (nSPS) is 20.2. The van der Waals surface area contributed by atoms with E-state index in [1.54, 1.807) is 120 Å². The molecule has 16 rings (SSSR count). The first-order valence-corrected chi connectivity index (χ1v) is 40.2. The first-order valence-electron chi connectivity index (χ1n) is 40.2. The molecule has 5 saturated heterocycles. The number of carbonyl (C=O) groups excluding carboxylic acids is 10. The summed E-state index contributed by atoms with van der Waals surface area (Å²) in [7, 11) is 8.23. The Labute approximate surface area is 722 Å². The lowest BCUT2D eigenvalue weighted by Gasteiger charge is -2.35. The molecular formula is C91H89F2N17O16. The van der Waals surface area contributed by atoms with Gasteiger partial charge in [-0.3, -0.25) is 59.0 Å². The molecule has 4 atom stereocenters. The van der Waals surface area contributed by atoms with E-state index in [-0.39, 0.29) is 85.3 Å². The molecule has 126 heavy (non-hydrogen) atoms. The van der Waals surface area contributed by atoms with E-state index in [2.05, 4.69) is 99.7 Å². The van der Waals surface area contributed by atoms with Gasteiger partial charge in [0.1, 0.15) is 28.4 Å². The summed E-state index contributed by atoms with van der Waals surface area (Å²) in [5.74, 6) is 13.8. The van der Waals surface area contributed by atoms with Gasteiger partial charge in [0.05, 0.1) is 69.3 Å². The van der Waals surface area contributed by atoms with Crippen molar-refractivity contribution in [1.82, 2.24) is 76.1 Å². The molecule has 648 valence electrons. The summed E-state index contributed by atoms with van der Waals surface area (Å²) in [6.07, 6.45) is 4.36. The predicted octanol–water partition coefficient (Wildman–Crippen LogP) is 6.19. The Bertz CT molecular complexity index is 6040. The van der Waals surface area contributed by atoms with Crippen LogP contribution in [0.2, 0.25) is 0 Å². The van der Waals surface area contributed by atoms with Crippen molar-refractivity contribution in [3.05, 3.63) is 213 Å². The standard InChI is InChI=1S/C36H33N5O6.C28H30N6O5.C27H26F2N6O5/c1-35(2,3)34(45)47-29-13-12-28(25-18-37-40(4)19-25)38-31(29)23-8-6-22(7-9-23)14-15-36(17-30(42)39-33(36)44)21-41-20-24-10-11-26(46-5)16-27(24)32(41)43;1-32-12-3-13-33(15-14-32)24(31-38)20-6-4-19(5-7-20)10-11-28(26(36)29-27(37)30-28)18-34-17-21-8-9-22(39-2)16-23(21)25(34)35;1-15-12-30-9-10-35(15)23(33-39)18-5-3-16(11-19(18)28)7-8-27(25(37)31-26(38)32-27)14-34-13-17-4-6-20(40-2)22(29)21(17)24(34)36/h6-13,16,18-19H,17,20-21H2,1-5H3,(H,39,42,44);4-9,16,38H,3,12-15,17-18H2,1-2H3,(H2,29,30,36,37);3-6,11,15,30,39H,9-10,12-14H2,1-2H3,(H2,31,32,37,38)/b;;33-23-/t36-;28-;15-,27+/m110/s1. The highest BCUT2D eigenvalue weighted by Gasteiger charge is 2.52. The van der Waals surface area contributed by atoms with Crippen molar-refractivity contribution < 1.29 is 86.1 Å². The predicted molar refractivity (Wildman–Crippen MR) is 452 cm³/mol. The fourth-order valence-corrected chi connectivity index (χ4v) is 15.6. The van der Waals surface area contributed by atoms with Gasteiger partial charge in [-0.1, -0.05) is 76.2 Å². The molecule has 8 aromatic rings. The molecule has 2 aromatic heterocycles. The van der Waals surface area contributed by atoms with Gasteiger partial charge in [-0.05, 0) is 161 Å². The number of pyridine rings is 1. The van der Waals surface area contributed by atoms with E-state index in [1.165, 1.54) is 49.3 Å². The van der Waals surface area contributed by atoms with Crippen molar-refractivity contribution >= 4 is 71.1 Å². The van der Waals surface area contributed by atoms with Gasteiger partial charge >= 0.3 is 18.0 Å². The maximum Gasteiger partial charge on any atom is 0.323 e. The van der Waals surface area contributed by atoms with Crippen LogP contribution in [0, 0.1) is 58.0 Å². The number of aromatic nitrogens is 3. The Hall–Kier alpha value is -15.0. The van der Waals surface area contributed by atoms with Crippen LogP contribution < -0.4 is 50.8 Å². The maximum atomic E-state index is 15.2. The van der Waals surface area contributed by atoms with E-state index in [1.807, 2.05) is 44.4 Å². The average molecular weight is 1710 g/mol. The molecule has 0 spiro atoms. The van der Waals surface area contributed by atoms with Gasteiger partial charge in [0, 0.05) is 129 Å². The number of methoxy groups -OCH3 is 3. The minimum Gasteiger partial charge on any atom is -0.497 e. The maximum absolute atomic E-state index is 15.2. The van der Waals surface area contributed by atoms with Gasteiger partial charge < -0.3 is 74.7 Å². The van der Waals surface area contributed by atoms with Gasteiger partial charge in [-0.25, -0.2) is 23.4 Å². The van der Waals surface area contributed by atoms with Crippen LogP contribution in [0.5, 0.6) is 23.0 Å². The summed E-state index contributed by atoms with van der Waals surface area (Å²) in [6, 6.07) is 33.8. The number of nitrogens with zero attached hydrogens (tertiary/aromatic N) is 11. The summed E-state index contributed by atoms with van der Waals surface area (Å²) >= 11 is 0. The summed E-state index contributed by atoms with van der Waals surface area (Å²) < 4.78 is 52.9. The van der Waals surface area contributed by atoms with Crippen LogP contribution in [0.1, 0.15) is 116 Å². The Morgan fingerprint density at radius 1 is 0.595 bits per heavy atom. The highest BCUT2D eigenvalue weighted by molar-refractivity contribution is 6.12. The molecule has 0 aliphatic carbocycles. The molecule has 6 aromatic carbocycles. The Morgan fingerprint density at radius 2 is 1.17 bits per heavy atom. The smallest absolute Gasteiger partial charge is 0.323 e. The van der Waals surface area contributed by atoms with Gasteiger partial charge in [0.15, 0.2) is 29.0 Å². The number of aryl methyl sites for hydroxylation is 1. The number of urea groups is 2. The van der Waals surface area contributed by atoms with Crippen LogP contribution in [-0.2, 0) is 50.7 Å². The van der Waals surface area contributed by atoms with Crippen LogP contribution in [0.25, 0.3) is 22.5 Å². The molecule has 8 aliphatic heterocycles. The number of hydrogen-bond donors (Lipinski definition) is 8.